The fraction of sp³-hybridized carbons (Fsp3) is 0.444. The maximum atomic E-state index is 12.9. The molecular weight excluding hydrogens is 432 g/mol. The molecular formula is C27H32N2O5. The molecule has 2 amide bonds. The molecule has 180 valence electrons. The third-order valence-corrected chi connectivity index (χ3v) is 7.38. The van der Waals surface area contributed by atoms with Crippen LogP contribution in [0.15, 0.2) is 48.5 Å². The number of carboxylic acids is 1. The lowest BCUT2D eigenvalue weighted by atomic mass is 9.84. The highest BCUT2D eigenvalue weighted by molar-refractivity contribution is 5.87. The second-order valence-electron chi connectivity index (χ2n) is 9.79. The zero-order valence-electron chi connectivity index (χ0n) is 19.9. The third-order valence-electron chi connectivity index (χ3n) is 7.38. The fourth-order valence-corrected chi connectivity index (χ4v) is 5.04. The normalized spacial score (nSPS) is 19.6. The van der Waals surface area contributed by atoms with Crippen LogP contribution in [0.5, 0.6) is 0 Å². The Morgan fingerprint density at radius 3 is 2.21 bits per heavy atom. The first kappa shape index (κ1) is 23.8. The number of carbonyl (C=O) groups is 3. The van der Waals surface area contributed by atoms with Gasteiger partial charge < -0.3 is 20.1 Å². The maximum absolute atomic E-state index is 12.9. The number of rotatable bonds is 6. The molecule has 0 saturated heterocycles. The minimum Gasteiger partial charge on any atom is -0.480 e. The number of hydrogen-bond donors (Lipinski definition) is 2. The molecule has 2 aliphatic rings. The van der Waals surface area contributed by atoms with Crippen molar-refractivity contribution < 1.29 is 24.2 Å². The summed E-state index contributed by atoms with van der Waals surface area (Å²) in [5, 5.41) is 12.4. The number of aliphatic carboxylic acids is 1. The Bertz CT molecular complexity index is 1050. The number of hydrogen-bond acceptors (Lipinski definition) is 4. The van der Waals surface area contributed by atoms with Crippen molar-refractivity contribution in [2.24, 2.45) is 5.92 Å². The number of nitrogens with one attached hydrogen (secondary N) is 1. The van der Waals surface area contributed by atoms with Crippen molar-refractivity contribution in [3.63, 3.8) is 0 Å². The zero-order chi connectivity index (χ0) is 24.5. The molecule has 0 heterocycles. The molecule has 0 aromatic heterocycles. The van der Waals surface area contributed by atoms with E-state index in [0.717, 1.165) is 24.0 Å². The van der Waals surface area contributed by atoms with E-state index in [4.69, 9.17) is 4.74 Å². The van der Waals surface area contributed by atoms with Crippen molar-refractivity contribution in [3.8, 4) is 11.1 Å². The molecule has 2 aromatic rings. The first-order chi connectivity index (χ1) is 16.2. The summed E-state index contributed by atoms with van der Waals surface area (Å²) in [5.41, 5.74) is 3.38. The number of nitrogens with zero attached hydrogens (tertiary/aromatic N) is 1. The molecule has 1 saturated carbocycles. The molecule has 0 bridgehead atoms. The van der Waals surface area contributed by atoms with Gasteiger partial charge in [-0.3, -0.25) is 4.79 Å². The highest BCUT2D eigenvalue weighted by Gasteiger charge is 2.39. The number of alkyl carbamates (subject to hydrolysis) is 1. The van der Waals surface area contributed by atoms with Gasteiger partial charge in [0.25, 0.3) is 0 Å². The topological polar surface area (TPSA) is 95.9 Å². The van der Waals surface area contributed by atoms with E-state index in [-0.39, 0.29) is 30.4 Å². The van der Waals surface area contributed by atoms with E-state index in [9.17, 15) is 19.5 Å². The average Bonchev–Trinajstić information content (AvgIpc) is 3.15. The standard InChI is InChI=1S/C27H32N2O5/c1-27(2,25(31)32)29(3)24(30)17-9-8-10-18(15-17)28-26(33)34-16-23-21-13-6-4-11-19(21)20-12-5-7-14-22(20)23/h4-7,11-14,17-18,23H,8-10,15-16H2,1-3H3,(H,28,33)(H,31,32)/t17-,18+/m1/s1. The molecule has 0 radical (unpaired) electrons. The lowest BCUT2D eigenvalue weighted by Crippen LogP contribution is -2.53. The lowest BCUT2D eigenvalue weighted by Gasteiger charge is -2.37. The highest BCUT2D eigenvalue weighted by Crippen LogP contribution is 2.44. The van der Waals surface area contributed by atoms with Gasteiger partial charge in [-0.25, -0.2) is 9.59 Å². The summed E-state index contributed by atoms with van der Waals surface area (Å²) in [6, 6.07) is 16.2. The zero-order valence-corrected chi connectivity index (χ0v) is 19.9. The van der Waals surface area contributed by atoms with Crippen LogP contribution < -0.4 is 5.32 Å². The summed E-state index contributed by atoms with van der Waals surface area (Å²) in [4.78, 5) is 38.4. The van der Waals surface area contributed by atoms with Gasteiger partial charge in [0, 0.05) is 24.9 Å². The minimum absolute atomic E-state index is 0.00858. The molecule has 0 aliphatic heterocycles. The van der Waals surface area contributed by atoms with Gasteiger partial charge in [-0.2, -0.15) is 0 Å². The predicted molar refractivity (Wildman–Crippen MR) is 128 cm³/mol. The first-order valence-corrected chi connectivity index (χ1v) is 11.8. The number of likely N-dealkylation sites (N-methyl/N-ethyl adjacent to an activating group) is 1. The molecule has 34 heavy (non-hydrogen) atoms. The van der Waals surface area contributed by atoms with Crippen molar-refractivity contribution in [1.82, 2.24) is 10.2 Å². The maximum Gasteiger partial charge on any atom is 0.407 e. The number of ether oxygens (including phenoxy) is 1. The van der Waals surface area contributed by atoms with Gasteiger partial charge in [0.1, 0.15) is 12.1 Å². The van der Waals surface area contributed by atoms with Crippen LogP contribution in [0.3, 0.4) is 0 Å². The van der Waals surface area contributed by atoms with E-state index in [1.807, 2.05) is 24.3 Å². The molecule has 2 aromatic carbocycles. The Morgan fingerprint density at radius 1 is 1.03 bits per heavy atom. The SMILES string of the molecule is CN(C(=O)[C@@H]1CCC[C@H](NC(=O)OCC2c3ccccc3-c3ccccc32)C1)C(C)(C)C(=O)O. The van der Waals surface area contributed by atoms with Gasteiger partial charge in [0.05, 0.1) is 0 Å². The Morgan fingerprint density at radius 2 is 1.62 bits per heavy atom. The Hall–Kier alpha value is -3.35. The van der Waals surface area contributed by atoms with E-state index in [1.54, 1.807) is 0 Å². The number of benzene rings is 2. The van der Waals surface area contributed by atoms with Gasteiger partial charge in [-0.1, -0.05) is 55.0 Å². The molecule has 7 nitrogen and oxygen atoms in total. The van der Waals surface area contributed by atoms with E-state index in [1.165, 1.54) is 36.9 Å². The van der Waals surface area contributed by atoms with Gasteiger partial charge in [0.15, 0.2) is 0 Å². The van der Waals surface area contributed by atoms with Crippen LogP contribution in [0.1, 0.15) is 56.6 Å². The van der Waals surface area contributed by atoms with Crippen molar-refractivity contribution in [2.75, 3.05) is 13.7 Å². The van der Waals surface area contributed by atoms with Crippen molar-refractivity contribution in [3.05, 3.63) is 59.7 Å². The van der Waals surface area contributed by atoms with Crippen LogP contribution in [0, 0.1) is 5.92 Å². The molecule has 2 atom stereocenters. The summed E-state index contributed by atoms with van der Waals surface area (Å²) in [7, 11) is 1.53. The predicted octanol–water partition coefficient (Wildman–Crippen LogP) is 4.41. The molecule has 4 rings (SSSR count). The second-order valence-corrected chi connectivity index (χ2v) is 9.79. The van der Waals surface area contributed by atoms with Gasteiger partial charge in [-0.05, 0) is 55.4 Å². The van der Waals surface area contributed by atoms with E-state index in [0.29, 0.717) is 12.8 Å². The summed E-state index contributed by atoms with van der Waals surface area (Å²) < 4.78 is 5.65. The molecule has 7 heteroatoms. The quantitative estimate of drug-likeness (QED) is 0.660. The summed E-state index contributed by atoms with van der Waals surface area (Å²) in [6.07, 6.45) is 2.22. The first-order valence-electron chi connectivity index (χ1n) is 11.8. The van der Waals surface area contributed by atoms with Gasteiger partial charge in [-0.15, -0.1) is 0 Å². The monoisotopic (exact) mass is 464 g/mol. The number of carbonyl (C=O) groups excluding carboxylic acids is 2. The van der Waals surface area contributed by atoms with Crippen molar-refractivity contribution in [2.45, 2.75) is 57.0 Å². The Balaban J connectivity index is 1.35. The summed E-state index contributed by atoms with van der Waals surface area (Å²) in [6.45, 7) is 3.27. The largest absolute Gasteiger partial charge is 0.480 e. The van der Waals surface area contributed by atoms with Gasteiger partial charge in [0.2, 0.25) is 5.91 Å². The van der Waals surface area contributed by atoms with Crippen molar-refractivity contribution >= 4 is 18.0 Å². The molecule has 2 aliphatic carbocycles. The number of carboxylic acid groups (broad SMARTS) is 1. The van der Waals surface area contributed by atoms with E-state index >= 15 is 0 Å². The van der Waals surface area contributed by atoms with Crippen LogP contribution in [0.4, 0.5) is 4.79 Å². The average molecular weight is 465 g/mol. The third kappa shape index (κ3) is 4.52. The van der Waals surface area contributed by atoms with Crippen LogP contribution in [-0.2, 0) is 14.3 Å². The molecule has 2 N–H and O–H groups in total. The summed E-state index contributed by atoms with van der Waals surface area (Å²) >= 11 is 0. The van der Waals surface area contributed by atoms with Crippen LogP contribution >= 0.6 is 0 Å². The number of fused-ring (bicyclic) bond motifs is 3. The Labute approximate surface area is 200 Å². The Kier molecular flexibility index (Phi) is 6.64. The molecule has 0 spiro atoms. The summed E-state index contributed by atoms with van der Waals surface area (Å²) in [5.74, 6) is -1.58. The van der Waals surface area contributed by atoms with E-state index < -0.39 is 17.6 Å². The highest BCUT2D eigenvalue weighted by atomic mass is 16.5. The van der Waals surface area contributed by atoms with E-state index in [2.05, 4.69) is 29.6 Å². The smallest absolute Gasteiger partial charge is 0.407 e. The minimum atomic E-state index is -1.29. The number of amides is 2. The lowest BCUT2D eigenvalue weighted by molar-refractivity contribution is -0.157. The van der Waals surface area contributed by atoms with Crippen LogP contribution in [0.25, 0.3) is 11.1 Å². The van der Waals surface area contributed by atoms with Crippen LogP contribution in [0.2, 0.25) is 0 Å². The fourth-order valence-electron chi connectivity index (χ4n) is 5.04. The van der Waals surface area contributed by atoms with Crippen LogP contribution in [-0.4, -0.2) is 53.2 Å². The van der Waals surface area contributed by atoms with Crippen molar-refractivity contribution in [1.29, 1.82) is 0 Å². The van der Waals surface area contributed by atoms with Gasteiger partial charge >= 0.3 is 12.1 Å². The molecule has 1 fully saturated rings. The molecule has 0 unspecified atom stereocenters. The second kappa shape index (κ2) is 9.49.